The Morgan fingerprint density at radius 2 is 2.24 bits per heavy atom. The molecule has 6 heteroatoms. The number of carbonyl (C=O) groups excluding carboxylic acids is 1. The molecule has 1 amide bonds. The lowest BCUT2D eigenvalue weighted by atomic mass is 10.1. The molecule has 0 spiro atoms. The Labute approximate surface area is 135 Å². The molecule has 0 saturated carbocycles. The van der Waals surface area contributed by atoms with E-state index in [1.807, 2.05) is 31.3 Å². The highest BCUT2D eigenvalue weighted by atomic mass is 35.5. The van der Waals surface area contributed by atoms with Gasteiger partial charge in [0.05, 0.1) is 6.04 Å². The minimum Gasteiger partial charge on any atom is -0.361 e. The molecule has 2 rings (SSSR count). The third kappa shape index (κ3) is 4.63. The second kappa shape index (κ2) is 8.27. The molecule has 0 saturated heterocycles. The first kappa shape index (κ1) is 17.8. The molecule has 0 fully saturated rings. The number of aromatic nitrogens is 1. The van der Waals surface area contributed by atoms with Crippen molar-refractivity contribution in [2.24, 2.45) is 5.73 Å². The number of benzene rings is 1. The van der Waals surface area contributed by atoms with Gasteiger partial charge in [-0.3, -0.25) is 4.79 Å². The summed E-state index contributed by atoms with van der Waals surface area (Å²) in [4.78, 5) is 14.9. The molecule has 0 aliphatic rings. The number of aromatic amines is 1. The van der Waals surface area contributed by atoms with Gasteiger partial charge in [-0.1, -0.05) is 24.9 Å². The molecule has 0 radical (unpaired) electrons. The largest absolute Gasteiger partial charge is 0.361 e. The Morgan fingerprint density at radius 1 is 1.48 bits per heavy atom. The lowest BCUT2D eigenvalue weighted by Crippen LogP contribution is -2.41. The molecule has 4 nitrogen and oxygen atoms in total. The van der Waals surface area contributed by atoms with Crippen molar-refractivity contribution in [2.45, 2.75) is 32.2 Å². The van der Waals surface area contributed by atoms with Crippen LogP contribution in [0.15, 0.2) is 24.4 Å². The number of rotatable bonds is 6. The summed E-state index contributed by atoms with van der Waals surface area (Å²) in [6, 6.07) is 5.34. The maximum atomic E-state index is 11.7. The van der Waals surface area contributed by atoms with Gasteiger partial charge in [0.15, 0.2) is 0 Å². The highest BCUT2D eigenvalue weighted by molar-refractivity contribution is 6.31. The highest BCUT2D eigenvalue weighted by Gasteiger charge is 2.11. The summed E-state index contributed by atoms with van der Waals surface area (Å²) in [5.41, 5.74) is 7.96. The second-order valence-corrected chi connectivity index (χ2v) is 5.38. The van der Waals surface area contributed by atoms with Crippen molar-refractivity contribution < 1.29 is 4.79 Å². The number of halogens is 2. The number of H-pyrrole nitrogens is 1. The minimum absolute atomic E-state index is 0. The Bertz CT molecular complexity index is 598. The molecule has 2 aromatic rings. The van der Waals surface area contributed by atoms with E-state index in [0.717, 1.165) is 29.3 Å². The van der Waals surface area contributed by atoms with Crippen molar-refractivity contribution in [3.05, 3.63) is 35.0 Å². The summed E-state index contributed by atoms with van der Waals surface area (Å²) in [5.74, 6) is -0.0790. The number of fused-ring (bicyclic) bond motifs is 1. The smallest absolute Gasteiger partial charge is 0.236 e. The molecule has 4 N–H and O–H groups in total. The average molecular weight is 330 g/mol. The first-order valence-corrected chi connectivity index (χ1v) is 7.28. The third-order valence-electron chi connectivity index (χ3n) is 3.36. The Morgan fingerprint density at radius 3 is 2.95 bits per heavy atom. The van der Waals surface area contributed by atoms with E-state index in [0.29, 0.717) is 18.0 Å². The van der Waals surface area contributed by atoms with E-state index in [9.17, 15) is 4.79 Å². The summed E-state index contributed by atoms with van der Waals surface area (Å²) in [6.45, 7) is 2.60. The summed E-state index contributed by atoms with van der Waals surface area (Å²) in [6.07, 6.45) is 4.34. The molecule has 21 heavy (non-hydrogen) atoms. The zero-order valence-electron chi connectivity index (χ0n) is 12.0. The van der Waals surface area contributed by atoms with Crippen LogP contribution in [0.25, 0.3) is 10.9 Å². The van der Waals surface area contributed by atoms with Gasteiger partial charge in [-0.05, 0) is 36.6 Å². The predicted octanol–water partition coefficient (Wildman–Crippen LogP) is 3.03. The van der Waals surface area contributed by atoms with E-state index >= 15 is 0 Å². The van der Waals surface area contributed by atoms with Crippen molar-refractivity contribution in [3.8, 4) is 0 Å². The van der Waals surface area contributed by atoms with Gasteiger partial charge >= 0.3 is 0 Å². The number of hydrogen-bond donors (Lipinski definition) is 3. The number of nitrogens with one attached hydrogen (secondary N) is 2. The molecule has 1 heterocycles. The lowest BCUT2D eigenvalue weighted by Gasteiger charge is -2.10. The van der Waals surface area contributed by atoms with E-state index in [1.54, 1.807) is 0 Å². The summed E-state index contributed by atoms with van der Waals surface area (Å²) in [7, 11) is 0. The molecular weight excluding hydrogens is 309 g/mol. The van der Waals surface area contributed by atoms with Crippen molar-refractivity contribution >= 4 is 40.8 Å². The SMILES string of the molecule is CCCC(N)C(=O)NCCc1c[nH]c2ccc(Cl)cc12.Cl. The van der Waals surface area contributed by atoms with Crippen LogP contribution in [0.2, 0.25) is 5.02 Å². The molecule has 1 unspecified atom stereocenters. The van der Waals surface area contributed by atoms with Crippen LogP contribution in [0.3, 0.4) is 0 Å². The number of nitrogens with two attached hydrogens (primary N) is 1. The van der Waals surface area contributed by atoms with Gasteiger partial charge in [0.2, 0.25) is 5.91 Å². The quantitative estimate of drug-likeness (QED) is 0.762. The Balaban J connectivity index is 0.00000220. The Kier molecular flexibility index (Phi) is 7.02. The van der Waals surface area contributed by atoms with Gasteiger partial charge in [0.25, 0.3) is 0 Å². The van der Waals surface area contributed by atoms with Crippen molar-refractivity contribution in [3.63, 3.8) is 0 Å². The van der Waals surface area contributed by atoms with Crippen LogP contribution in [0.4, 0.5) is 0 Å². The van der Waals surface area contributed by atoms with Crippen molar-refractivity contribution in [2.75, 3.05) is 6.54 Å². The van der Waals surface area contributed by atoms with Crippen LogP contribution < -0.4 is 11.1 Å². The molecule has 1 atom stereocenters. The summed E-state index contributed by atoms with van der Waals surface area (Å²) >= 11 is 6.01. The van der Waals surface area contributed by atoms with Crippen LogP contribution in [0, 0.1) is 0 Å². The lowest BCUT2D eigenvalue weighted by molar-refractivity contribution is -0.122. The zero-order valence-corrected chi connectivity index (χ0v) is 13.6. The van der Waals surface area contributed by atoms with Gasteiger partial charge in [-0.2, -0.15) is 0 Å². The van der Waals surface area contributed by atoms with Gasteiger partial charge in [-0.15, -0.1) is 12.4 Å². The third-order valence-corrected chi connectivity index (χ3v) is 3.59. The maximum absolute atomic E-state index is 11.7. The van der Waals surface area contributed by atoms with Gasteiger partial charge in [-0.25, -0.2) is 0 Å². The monoisotopic (exact) mass is 329 g/mol. The fourth-order valence-corrected chi connectivity index (χ4v) is 2.42. The molecule has 1 aromatic carbocycles. The first-order valence-electron chi connectivity index (χ1n) is 6.90. The maximum Gasteiger partial charge on any atom is 0.236 e. The van der Waals surface area contributed by atoms with E-state index in [2.05, 4.69) is 10.3 Å². The molecule has 0 bridgehead atoms. The fraction of sp³-hybridized carbons (Fsp3) is 0.400. The highest BCUT2D eigenvalue weighted by Crippen LogP contribution is 2.22. The van der Waals surface area contributed by atoms with Crippen LogP contribution in [-0.4, -0.2) is 23.5 Å². The predicted molar refractivity (Wildman–Crippen MR) is 90.2 cm³/mol. The number of carbonyl (C=O) groups is 1. The van der Waals surface area contributed by atoms with E-state index < -0.39 is 6.04 Å². The van der Waals surface area contributed by atoms with Gasteiger partial charge in [0, 0.05) is 28.7 Å². The van der Waals surface area contributed by atoms with Crippen molar-refractivity contribution in [1.82, 2.24) is 10.3 Å². The minimum atomic E-state index is -0.405. The Hall–Kier alpha value is -1.23. The van der Waals surface area contributed by atoms with E-state index in [4.69, 9.17) is 17.3 Å². The molecule has 0 aliphatic heterocycles. The standard InChI is InChI=1S/C15H20ClN3O.ClH/c1-2-3-13(17)15(20)18-7-6-10-9-19-14-5-4-11(16)8-12(10)14;/h4-5,8-9,13,19H,2-3,6-7,17H2,1H3,(H,18,20);1H. The second-order valence-electron chi connectivity index (χ2n) is 4.94. The fourth-order valence-electron chi connectivity index (χ4n) is 2.25. The van der Waals surface area contributed by atoms with Gasteiger partial charge < -0.3 is 16.0 Å². The van der Waals surface area contributed by atoms with Crippen LogP contribution in [0.5, 0.6) is 0 Å². The first-order chi connectivity index (χ1) is 9.61. The molecule has 1 aromatic heterocycles. The van der Waals surface area contributed by atoms with Crippen LogP contribution in [0.1, 0.15) is 25.3 Å². The molecule has 0 aliphatic carbocycles. The van der Waals surface area contributed by atoms with Crippen LogP contribution in [-0.2, 0) is 11.2 Å². The van der Waals surface area contributed by atoms with E-state index in [-0.39, 0.29) is 18.3 Å². The normalized spacial score (nSPS) is 12.0. The summed E-state index contributed by atoms with van der Waals surface area (Å²) < 4.78 is 0. The van der Waals surface area contributed by atoms with E-state index in [1.165, 1.54) is 0 Å². The van der Waals surface area contributed by atoms with Gasteiger partial charge in [0.1, 0.15) is 0 Å². The average Bonchev–Trinajstić information content (AvgIpc) is 2.81. The number of hydrogen-bond acceptors (Lipinski definition) is 2. The topological polar surface area (TPSA) is 70.9 Å². The van der Waals surface area contributed by atoms with Crippen molar-refractivity contribution in [1.29, 1.82) is 0 Å². The van der Waals surface area contributed by atoms with Crippen LogP contribution >= 0.6 is 24.0 Å². The molecule has 116 valence electrons. The number of amides is 1. The zero-order chi connectivity index (χ0) is 14.5. The summed E-state index contributed by atoms with van der Waals surface area (Å²) in [5, 5.41) is 4.69. The molecular formula is C15H21Cl2N3O.